The molecule has 0 atom stereocenters. The van der Waals surface area contributed by atoms with Gasteiger partial charge >= 0.3 is 0 Å². The molecule has 0 saturated carbocycles. The van der Waals surface area contributed by atoms with Crippen LogP contribution in [0.15, 0.2) is 6.07 Å². The van der Waals surface area contributed by atoms with Crippen LogP contribution >= 0.6 is 0 Å². The molecule has 0 aliphatic rings. The summed E-state index contributed by atoms with van der Waals surface area (Å²) in [5, 5.41) is 0. The first-order chi connectivity index (χ1) is 7.97. The summed E-state index contributed by atoms with van der Waals surface area (Å²) < 4.78 is 0. The van der Waals surface area contributed by atoms with Crippen molar-refractivity contribution in [2.45, 2.75) is 34.1 Å². The minimum Gasteiger partial charge on any atom is -0.302 e. The Hall–Kier alpha value is -1.15. The molecule has 0 saturated heterocycles. The summed E-state index contributed by atoms with van der Waals surface area (Å²) in [4.78, 5) is 12.5. The smallest absolute Gasteiger partial charge is 0.133 e. The van der Waals surface area contributed by atoms with Crippen LogP contribution in [-0.4, -0.2) is 31.3 Å². The number of likely N-dealkylation sites (N-methyl/N-ethyl adjacent to an activating group) is 1. The van der Waals surface area contributed by atoms with Gasteiger partial charge in [-0.25, -0.2) is 0 Å². The van der Waals surface area contributed by atoms with Gasteiger partial charge in [0.15, 0.2) is 0 Å². The molecule has 1 rings (SSSR count). The molecule has 0 aromatic heterocycles. The summed E-state index contributed by atoms with van der Waals surface area (Å²) in [6.07, 6.45) is 1.98. The quantitative estimate of drug-likeness (QED) is 0.729. The van der Waals surface area contributed by atoms with E-state index in [1.807, 2.05) is 7.05 Å². The standard InChI is InChI=1S/C15H23NO/c1-11-10-12(2)14(4)15(13(11)3)6-7-16(5)8-9-17/h9-10H,6-8H2,1-5H3. The van der Waals surface area contributed by atoms with E-state index in [2.05, 4.69) is 38.7 Å². The van der Waals surface area contributed by atoms with Crippen LogP contribution in [-0.2, 0) is 11.2 Å². The van der Waals surface area contributed by atoms with Crippen LogP contribution in [0.4, 0.5) is 0 Å². The molecule has 1 aromatic rings. The van der Waals surface area contributed by atoms with E-state index in [-0.39, 0.29) is 0 Å². The number of aryl methyl sites for hydroxylation is 2. The van der Waals surface area contributed by atoms with Crippen molar-refractivity contribution in [2.24, 2.45) is 0 Å². The molecule has 1 aromatic carbocycles. The van der Waals surface area contributed by atoms with Gasteiger partial charge in [-0.05, 0) is 69.0 Å². The van der Waals surface area contributed by atoms with Gasteiger partial charge in [-0.15, -0.1) is 0 Å². The molecule has 0 aliphatic carbocycles. The third kappa shape index (κ3) is 3.40. The lowest BCUT2D eigenvalue weighted by Crippen LogP contribution is -2.23. The van der Waals surface area contributed by atoms with Crippen molar-refractivity contribution in [1.29, 1.82) is 0 Å². The van der Waals surface area contributed by atoms with Crippen LogP contribution in [0.25, 0.3) is 0 Å². The number of nitrogens with zero attached hydrogens (tertiary/aromatic N) is 1. The lowest BCUT2D eigenvalue weighted by Gasteiger charge is -2.18. The van der Waals surface area contributed by atoms with Gasteiger partial charge in [-0.2, -0.15) is 0 Å². The highest BCUT2D eigenvalue weighted by molar-refractivity contribution is 5.51. The predicted octanol–water partition coefficient (Wildman–Crippen LogP) is 2.59. The van der Waals surface area contributed by atoms with Crippen LogP contribution in [0.3, 0.4) is 0 Å². The zero-order chi connectivity index (χ0) is 13.0. The average Bonchev–Trinajstić information content (AvgIpc) is 2.27. The molecule has 17 heavy (non-hydrogen) atoms. The van der Waals surface area contributed by atoms with E-state index in [1.54, 1.807) is 0 Å². The number of aldehydes is 1. The molecule has 94 valence electrons. The van der Waals surface area contributed by atoms with Gasteiger partial charge in [0.05, 0.1) is 6.54 Å². The minimum absolute atomic E-state index is 0.517. The Morgan fingerprint density at radius 1 is 1.12 bits per heavy atom. The van der Waals surface area contributed by atoms with E-state index in [0.717, 1.165) is 19.3 Å². The monoisotopic (exact) mass is 233 g/mol. The van der Waals surface area contributed by atoms with Gasteiger partial charge in [0.2, 0.25) is 0 Å². The largest absolute Gasteiger partial charge is 0.302 e. The normalized spacial score (nSPS) is 10.9. The molecule has 2 heteroatoms. The van der Waals surface area contributed by atoms with E-state index in [4.69, 9.17) is 0 Å². The molecule has 0 radical (unpaired) electrons. The van der Waals surface area contributed by atoms with E-state index < -0.39 is 0 Å². The van der Waals surface area contributed by atoms with Crippen molar-refractivity contribution in [2.75, 3.05) is 20.1 Å². The van der Waals surface area contributed by atoms with Crippen LogP contribution in [0.1, 0.15) is 27.8 Å². The maximum Gasteiger partial charge on any atom is 0.133 e. The Bertz CT molecular complexity index is 384. The summed E-state index contributed by atoms with van der Waals surface area (Å²) in [5.41, 5.74) is 6.96. The average molecular weight is 233 g/mol. The summed E-state index contributed by atoms with van der Waals surface area (Å²) in [7, 11) is 1.99. The Morgan fingerprint density at radius 3 is 2.12 bits per heavy atom. The highest BCUT2D eigenvalue weighted by Crippen LogP contribution is 2.22. The van der Waals surface area contributed by atoms with Gasteiger partial charge in [-0.3, -0.25) is 4.90 Å². The lowest BCUT2D eigenvalue weighted by atomic mass is 9.92. The second-order valence-electron chi connectivity index (χ2n) is 4.92. The van der Waals surface area contributed by atoms with Gasteiger partial charge in [0, 0.05) is 6.54 Å². The number of rotatable bonds is 5. The van der Waals surface area contributed by atoms with Crippen molar-refractivity contribution in [3.8, 4) is 0 Å². The summed E-state index contributed by atoms with van der Waals surface area (Å²) in [6, 6.07) is 2.25. The Kier molecular flexibility index (Phi) is 4.88. The maximum absolute atomic E-state index is 10.4. The molecule has 0 unspecified atom stereocenters. The van der Waals surface area contributed by atoms with Crippen LogP contribution in [0.2, 0.25) is 0 Å². The molecular weight excluding hydrogens is 210 g/mol. The minimum atomic E-state index is 0.517. The molecular formula is C15H23NO. The van der Waals surface area contributed by atoms with Gasteiger partial charge in [0.25, 0.3) is 0 Å². The molecule has 0 heterocycles. The van der Waals surface area contributed by atoms with Gasteiger partial charge in [-0.1, -0.05) is 6.07 Å². The van der Waals surface area contributed by atoms with E-state index >= 15 is 0 Å². The Balaban J connectivity index is 2.87. The molecule has 0 fully saturated rings. The first kappa shape index (κ1) is 13.9. The van der Waals surface area contributed by atoms with E-state index in [9.17, 15) is 4.79 Å². The van der Waals surface area contributed by atoms with Gasteiger partial charge in [0.1, 0.15) is 6.29 Å². The number of carbonyl (C=O) groups is 1. The highest BCUT2D eigenvalue weighted by atomic mass is 16.1. The van der Waals surface area contributed by atoms with Crippen LogP contribution in [0.5, 0.6) is 0 Å². The van der Waals surface area contributed by atoms with Crippen molar-refractivity contribution >= 4 is 6.29 Å². The van der Waals surface area contributed by atoms with Crippen molar-refractivity contribution in [1.82, 2.24) is 4.90 Å². The highest BCUT2D eigenvalue weighted by Gasteiger charge is 2.09. The van der Waals surface area contributed by atoms with Crippen LogP contribution in [0, 0.1) is 27.7 Å². The Morgan fingerprint density at radius 2 is 1.65 bits per heavy atom. The first-order valence-corrected chi connectivity index (χ1v) is 6.15. The fraction of sp³-hybridized carbons (Fsp3) is 0.533. The van der Waals surface area contributed by atoms with E-state index in [1.165, 1.54) is 27.8 Å². The number of carbonyl (C=O) groups excluding carboxylic acids is 1. The molecule has 0 bridgehead atoms. The SMILES string of the molecule is Cc1cc(C)c(C)c(CCN(C)CC=O)c1C. The number of hydrogen-bond acceptors (Lipinski definition) is 2. The second kappa shape index (κ2) is 5.97. The summed E-state index contributed by atoms with van der Waals surface area (Å²) >= 11 is 0. The van der Waals surface area contributed by atoms with Crippen molar-refractivity contribution in [3.05, 3.63) is 33.9 Å². The Labute approximate surface area is 105 Å². The van der Waals surface area contributed by atoms with Crippen molar-refractivity contribution < 1.29 is 4.79 Å². The number of benzene rings is 1. The predicted molar refractivity (Wildman–Crippen MR) is 72.7 cm³/mol. The zero-order valence-corrected chi connectivity index (χ0v) is 11.6. The molecule has 0 spiro atoms. The maximum atomic E-state index is 10.4. The third-order valence-corrected chi connectivity index (χ3v) is 3.65. The molecule has 0 amide bonds. The van der Waals surface area contributed by atoms with Crippen LogP contribution < -0.4 is 0 Å². The third-order valence-electron chi connectivity index (χ3n) is 3.65. The fourth-order valence-corrected chi connectivity index (χ4v) is 2.19. The first-order valence-electron chi connectivity index (χ1n) is 6.15. The topological polar surface area (TPSA) is 20.3 Å². The summed E-state index contributed by atoms with van der Waals surface area (Å²) in [6.45, 7) is 10.2. The van der Waals surface area contributed by atoms with E-state index in [0.29, 0.717) is 6.54 Å². The fourth-order valence-electron chi connectivity index (χ4n) is 2.19. The lowest BCUT2D eigenvalue weighted by molar-refractivity contribution is -0.108. The molecule has 0 N–H and O–H groups in total. The number of hydrogen-bond donors (Lipinski definition) is 0. The van der Waals surface area contributed by atoms with Crippen molar-refractivity contribution in [3.63, 3.8) is 0 Å². The zero-order valence-electron chi connectivity index (χ0n) is 11.6. The summed E-state index contributed by atoms with van der Waals surface area (Å²) in [5.74, 6) is 0. The molecule has 0 aliphatic heterocycles. The second-order valence-corrected chi connectivity index (χ2v) is 4.92. The van der Waals surface area contributed by atoms with Gasteiger partial charge < -0.3 is 4.79 Å². The molecule has 2 nitrogen and oxygen atoms in total.